The van der Waals surface area contributed by atoms with Crippen LogP contribution in [0.5, 0.6) is 0 Å². The number of hydrazine groups is 1. The van der Waals surface area contributed by atoms with Gasteiger partial charge in [0.15, 0.2) is 0 Å². The van der Waals surface area contributed by atoms with Gasteiger partial charge in [0.2, 0.25) is 0 Å². The molecule has 0 bridgehead atoms. The van der Waals surface area contributed by atoms with Crippen LogP contribution in [0.25, 0.3) is 16.5 Å². The Morgan fingerprint density at radius 3 is 3.13 bits per heavy atom. The molecule has 0 fully saturated rings. The highest BCUT2D eigenvalue weighted by molar-refractivity contribution is 5.56. The van der Waals surface area contributed by atoms with E-state index in [1.165, 1.54) is 0 Å². The van der Waals surface area contributed by atoms with E-state index in [9.17, 15) is 0 Å². The van der Waals surface area contributed by atoms with Gasteiger partial charge >= 0.3 is 0 Å². The minimum absolute atomic E-state index is 0.488. The number of anilines is 1. The van der Waals surface area contributed by atoms with Crippen molar-refractivity contribution in [2.45, 2.75) is 6.42 Å². The van der Waals surface area contributed by atoms with Gasteiger partial charge in [0.1, 0.15) is 0 Å². The SMILES string of the molecule is [N-]=[N+]=NCCC=Cc1cccc(NN)c1. The molecule has 0 radical (unpaired) electrons. The van der Waals surface area contributed by atoms with Crippen LogP contribution in [0.4, 0.5) is 5.69 Å². The van der Waals surface area contributed by atoms with Crippen molar-refractivity contribution in [3.05, 3.63) is 46.3 Å². The number of nitrogens with zero attached hydrogens (tertiary/aromatic N) is 3. The molecule has 0 amide bonds. The average Bonchev–Trinajstić information content (AvgIpc) is 2.29. The highest BCUT2D eigenvalue weighted by Gasteiger charge is 1.89. The van der Waals surface area contributed by atoms with Crippen LogP contribution in [0.3, 0.4) is 0 Å². The zero-order valence-corrected chi connectivity index (χ0v) is 8.30. The van der Waals surface area contributed by atoms with Gasteiger partial charge in [-0.2, -0.15) is 0 Å². The molecule has 0 spiro atoms. The Labute approximate surface area is 88.2 Å². The summed E-state index contributed by atoms with van der Waals surface area (Å²) in [5, 5.41) is 3.43. The van der Waals surface area contributed by atoms with Crippen LogP contribution in [-0.4, -0.2) is 6.54 Å². The van der Waals surface area contributed by atoms with Crippen molar-refractivity contribution in [1.29, 1.82) is 0 Å². The van der Waals surface area contributed by atoms with Crippen LogP contribution in [0, 0.1) is 0 Å². The smallest absolute Gasteiger partial charge is 0.0491 e. The van der Waals surface area contributed by atoms with Gasteiger partial charge in [-0.3, -0.25) is 5.84 Å². The Morgan fingerprint density at radius 2 is 2.40 bits per heavy atom. The highest BCUT2D eigenvalue weighted by Crippen LogP contribution is 2.10. The van der Waals surface area contributed by atoms with E-state index >= 15 is 0 Å². The summed E-state index contributed by atoms with van der Waals surface area (Å²) in [5.74, 6) is 5.28. The van der Waals surface area contributed by atoms with Gasteiger partial charge in [0, 0.05) is 17.1 Å². The van der Waals surface area contributed by atoms with Crippen molar-refractivity contribution in [2.75, 3.05) is 12.0 Å². The second-order valence-electron chi connectivity index (χ2n) is 2.92. The molecule has 1 rings (SSSR count). The standard InChI is InChI=1S/C10H13N5/c11-14-10-6-3-5-9(8-10)4-1-2-7-13-15-12/h1,3-6,8,14H,2,7,11H2. The summed E-state index contributed by atoms with van der Waals surface area (Å²) in [6.07, 6.45) is 4.67. The molecule has 5 nitrogen and oxygen atoms in total. The predicted molar refractivity (Wildman–Crippen MR) is 61.9 cm³/mol. The molecule has 78 valence electrons. The van der Waals surface area contributed by atoms with E-state index in [0.717, 1.165) is 17.7 Å². The summed E-state index contributed by atoms with van der Waals surface area (Å²) < 4.78 is 0. The van der Waals surface area contributed by atoms with Gasteiger partial charge in [-0.05, 0) is 29.6 Å². The van der Waals surface area contributed by atoms with E-state index in [4.69, 9.17) is 11.4 Å². The number of hydrogen-bond donors (Lipinski definition) is 2. The summed E-state index contributed by atoms with van der Waals surface area (Å²) in [6.45, 7) is 0.488. The Morgan fingerprint density at radius 1 is 1.53 bits per heavy atom. The molecule has 0 aliphatic rings. The number of azide groups is 1. The molecule has 0 unspecified atom stereocenters. The molecular formula is C10H13N5. The van der Waals surface area contributed by atoms with Crippen molar-refractivity contribution in [3.8, 4) is 0 Å². The van der Waals surface area contributed by atoms with Crippen molar-refractivity contribution < 1.29 is 0 Å². The first-order valence-electron chi connectivity index (χ1n) is 4.61. The lowest BCUT2D eigenvalue weighted by molar-refractivity contribution is 0.996. The predicted octanol–water partition coefficient (Wildman–Crippen LogP) is 2.69. The first-order valence-corrected chi connectivity index (χ1v) is 4.61. The summed E-state index contributed by atoms with van der Waals surface area (Å²) in [4.78, 5) is 2.67. The molecule has 0 heterocycles. The van der Waals surface area contributed by atoms with Gasteiger partial charge in [0.05, 0.1) is 0 Å². The van der Waals surface area contributed by atoms with Crippen molar-refractivity contribution >= 4 is 11.8 Å². The van der Waals surface area contributed by atoms with Crippen LogP contribution in [0.15, 0.2) is 35.5 Å². The second kappa shape index (κ2) is 6.48. The molecular weight excluding hydrogens is 190 g/mol. The molecule has 1 aromatic rings. The first-order chi connectivity index (χ1) is 7.36. The van der Waals surface area contributed by atoms with Gasteiger partial charge in [-0.25, -0.2) is 0 Å². The number of benzene rings is 1. The molecule has 1 aromatic carbocycles. The molecule has 15 heavy (non-hydrogen) atoms. The van der Waals surface area contributed by atoms with E-state index in [0.29, 0.717) is 6.54 Å². The fourth-order valence-corrected chi connectivity index (χ4v) is 1.13. The lowest BCUT2D eigenvalue weighted by atomic mass is 10.2. The number of nitrogen functional groups attached to an aromatic ring is 1. The summed E-state index contributed by atoms with van der Waals surface area (Å²) >= 11 is 0. The monoisotopic (exact) mass is 203 g/mol. The Bertz CT molecular complexity index is 379. The summed E-state index contributed by atoms with van der Waals surface area (Å²) in [5.41, 5.74) is 12.6. The lowest BCUT2D eigenvalue weighted by Gasteiger charge is -1.99. The average molecular weight is 203 g/mol. The van der Waals surface area contributed by atoms with Gasteiger partial charge < -0.3 is 5.43 Å². The van der Waals surface area contributed by atoms with Crippen molar-refractivity contribution in [3.63, 3.8) is 0 Å². The highest BCUT2D eigenvalue weighted by atomic mass is 15.2. The maximum absolute atomic E-state index is 8.06. The fourth-order valence-electron chi connectivity index (χ4n) is 1.13. The lowest BCUT2D eigenvalue weighted by Crippen LogP contribution is -2.06. The third-order valence-corrected chi connectivity index (χ3v) is 1.82. The minimum atomic E-state index is 0.488. The Balaban J connectivity index is 2.52. The van der Waals surface area contributed by atoms with Crippen LogP contribution >= 0.6 is 0 Å². The number of nitrogens with two attached hydrogens (primary N) is 1. The maximum atomic E-state index is 8.06. The van der Waals surface area contributed by atoms with Crippen molar-refractivity contribution in [1.82, 2.24) is 0 Å². The molecule has 0 aromatic heterocycles. The van der Waals surface area contributed by atoms with E-state index in [2.05, 4.69) is 15.5 Å². The normalized spacial score (nSPS) is 9.93. The van der Waals surface area contributed by atoms with E-state index in [1.807, 2.05) is 36.4 Å². The van der Waals surface area contributed by atoms with Gasteiger partial charge in [-0.1, -0.05) is 29.4 Å². The fraction of sp³-hybridized carbons (Fsp3) is 0.200. The third kappa shape index (κ3) is 4.17. The van der Waals surface area contributed by atoms with E-state index < -0.39 is 0 Å². The number of nitrogens with one attached hydrogen (secondary N) is 1. The molecule has 0 aliphatic carbocycles. The molecule has 5 heteroatoms. The van der Waals surface area contributed by atoms with Gasteiger partial charge in [0.25, 0.3) is 0 Å². The first kappa shape index (κ1) is 11.1. The zero-order valence-electron chi connectivity index (χ0n) is 8.30. The number of hydrogen-bond acceptors (Lipinski definition) is 3. The van der Waals surface area contributed by atoms with Gasteiger partial charge in [-0.15, -0.1) is 0 Å². The molecule has 0 saturated heterocycles. The van der Waals surface area contributed by atoms with E-state index in [1.54, 1.807) is 0 Å². The van der Waals surface area contributed by atoms with Crippen LogP contribution < -0.4 is 11.3 Å². The topological polar surface area (TPSA) is 86.8 Å². The molecule has 0 aliphatic heterocycles. The second-order valence-corrected chi connectivity index (χ2v) is 2.92. The van der Waals surface area contributed by atoms with Crippen LogP contribution in [0.1, 0.15) is 12.0 Å². The maximum Gasteiger partial charge on any atom is 0.0491 e. The molecule has 0 saturated carbocycles. The van der Waals surface area contributed by atoms with Crippen LogP contribution in [-0.2, 0) is 0 Å². The summed E-state index contributed by atoms with van der Waals surface area (Å²) in [7, 11) is 0. The summed E-state index contributed by atoms with van der Waals surface area (Å²) in [6, 6.07) is 7.72. The van der Waals surface area contributed by atoms with Crippen LogP contribution in [0.2, 0.25) is 0 Å². The van der Waals surface area contributed by atoms with E-state index in [-0.39, 0.29) is 0 Å². The third-order valence-electron chi connectivity index (χ3n) is 1.82. The molecule has 0 atom stereocenters. The Kier molecular flexibility index (Phi) is 4.80. The van der Waals surface area contributed by atoms with Crippen molar-refractivity contribution in [2.24, 2.45) is 11.0 Å². The quantitative estimate of drug-likeness (QED) is 0.192. The zero-order chi connectivity index (χ0) is 10.9. The largest absolute Gasteiger partial charge is 0.324 e. The molecule has 3 N–H and O–H groups in total. The minimum Gasteiger partial charge on any atom is -0.324 e. The Hall–Kier alpha value is -1.97. The number of rotatable bonds is 5.